The predicted octanol–water partition coefficient (Wildman–Crippen LogP) is 8.84. The van der Waals surface area contributed by atoms with Crippen molar-refractivity contribution in [3.05, 3.63) is 0 Å². The van der Waals surface area contributed by atoms with Gasteiger partial charge in [0.1, 0.15) is 5.78 Å². The summed E-state index contributed by atoms with van der Waals surface area (Å²) >= 11 is 5.47. The second kappa shape index (κ2) is 24.0. The van der Waals surface area contributed by atoms with Crippen LogP contribution in [0.2, 0.25) is 39.3 Å². The summed E-state index contributed by atoms with van der Waals surface area (Å²) in [5.74, 6) is 13.0. The van der Waals surface area contributed by atoms with E-state index >= 15 is 0 Å². The van der Waals surface area contributed by atoms with Gasteiger partial charge in [-0.15, -0.1) is 11.6 Å². The normalized spacial score (nSPS) is 58.3. The van der Waals surface area contributed by atoms with Gasteiger partial charge in [0, 0.05) is 56.3 Å². The standard InChI is InChI=1S/C27H46O4Si.C24H38O4.C21H30O3.C6H15ClOSi.Li.H2O.H/c1-24-10-7-16(28)15-27(24,30)20-13-17(20)22-19(24)8-11-25(2)23(22)18-14-21(18)26(25,29)9-6-12-31-32(3,4)5;1-21-7-4-13(26)12-24(21,28)17-10-14(17)19-16(21)5-8-22(2)20(19)15-11-18(15)23(22,27)6-3-9-25;1-19-5-4-14-16(17(19)11-7-12(11)18(19)23)13-8-15(13)21(24)9-10(22)3-6-20(14,21)2;1-9(2,3)8-6-4-5-7;;;/h16-23,28-30H,6-15H2,1-5H3;13-20,25-28H,3-12H2,1-2H3;10-17,22,24H,3-9H2,1-2H3;4-6H2,1-3H3;;1H2;/q;;;;+1;;-1/t16-,17-,18+,19?,20+,21-,22?,23?,24+,25-,26-,27+;13-,14-,15+,16?,17+,18-,19?,20?,21+,22-,23-,24+;10-,11+,12-,13-,14?,15+,16?,17?,19-,20+,21+;;;;/m000..../s1. The minimum atomic E-state index is -1.51. The summed E-state index contributed by atoms with van der Waals surface area (Å²) in [4.78, 5) is 12.9. The Bertz CT molecular complexity index is 2910. The zero-order valence-corrected chi connectivity index (χ0v) is 64.0. The number of hydrogen-bond acceptors (Lipinski definition) is 12. The molecule has 18 aliphatic carbocycles. The first kappa shape index (κ1) is 73.8. The third-order valence-corrected chi connectivity index (χ3v) is 36.8. The molecule has 0 spiro atoms. The molecule has 538 valence electrons. The predicted molar refractivity (Wildman–Crippen MR) is 371 cm³/mol. The van der Waals surface area contributed by atoms with Crippen molar-refractivity contribution in [3.63, 3.8) is 0 Å². The number of carbonyl (C=O) groups excluding carboxylic acids is 1. The van der Waals surface area contributed by atoms with E-state index in [1.54, 1.807) is 0 Å². The molecule has 17 heteroatoms. The smallest absolute Gasteiger partial charge is 1.00 e. The quantitative estimate of drug-likeness (QED) is 0.0505. The molecule has 18 aliphatic rings. The van der Waals surface area contributed by atoms with Gasteiger partial charge in [0.25, 0.3) is 0 Å². The van der Waals surface area contributed by atoms with Crippen LogP contribution >= 0.6 is 11.6 Å². The molecular formula is C78H132ClLiO13Si2. The van der Waals surface area contributed by atoms with Crippen LogP contribution in [-0.4, -0.2) is 146 Å². The molecule has 0 saturated heterocycles. The number of hydrogen-bond donors (Lipinski definition) is 9. The molecular weight excluding hydrogens is 1240 g/mol. The van der Waals surface area contributed by atoms with Gasteiger partial charge >= 0.3 is 18.9 Å². The molecule has 0 aromatic carbocycles. The number of Topliss-reactive ketones (excluding diaryl/α,β-unsaturated/α-hetero) is 1. The van der Waals surface area contributed by atoms with Crippen molar-refractivity contribution in [1.82, 2.24) is 0 Å². The molecule has 0 aromatic rings. The zero-order valence-electron chi connectivity index (χ0n) is 62.2. The van der Waals surface area contributed by atoms with Gasteiger partial charge in [-0.25, -0.2) is 0 Å². The second-order valence-electron chi connectivity index (χ2n) is 40.4. The number of fused-ring (bicyclic) bond motifs is 30. The SMILES string of the molecule is C[C@]12CCC3C(C1[C@@H]1C[C@@H]1C2=O)[C@H]1C[C@H]1[C@]1(O)C[C@@H](O)CC[C@]31C.C[C@]12CCC3C(C1[C@@H]1C[C@@H]1[C@@]2(O)CCCO)[C@H]1C[C@H]1[C@]1(O)C[C@@H](O)CC[C@]31C.C[C@]12CCC3C(C1[C@@H]1C[C@@H]1[C@@]2(O)CCCO[Si](C)(C)C)[C@H]1C[C@H]1[C@]1(O)C[C@@H](O)CC[C@]31C.C[Si](C)(C)OCCCCl.O.[H-].[Li+]. The van der Waals surface area contributed by atoms with Crippen molar-refractivity contribution < 1.29 is 85.4 Å². The average Bonchev–Trinajstić information content (AvgIpc) is 1.49. The van der Waals surface area contributed by atoms with Crippen LogP contribution in [0.1, 0.15) is 210 Å². The molecule has 0 aliphatic heterocycles. The van der Waals surface area contributed by atoms with E-state index in [4.69, 9.17) is 20.5 Å². The molecule has 18 fully saturated rings. The van der Waals surface area contributed by atoms with Crippen LogP contribution < -0.4 is 18.9 Å². The summed E-state index contributed by atoms with van der Waals surface area (Å²) in [7, 11) is -2.76. The van der Waals surface area contributed by atoms with E-state index < -0.39 is 44.6 Å². The molecule has 0 amide bonds. The van der Waals surface area contributed by atoms with Crippen molar-refractivity contribution in [2.24, 2.45) is 157 Å². The van der Waals surface area contributed by atoms with E-state index in [1.807, 2.05) is 0 Å². The fraction of sp³-hybridized carbons (Fsp3) is 0.987. The first-order chi connectivity index (χ1) is 43.4. The van der Waals surface area contributed by atoms with Gasteiger partial charge in [-0.1, -0.05) is 41.5 Å². The minimum Gasteiger partial charge on any atom is -1.00 e. The summed E-state index contributed by atoms with van der Waals surface area (Å²) in [6, 6.07) is 0. The Labute approximate surface area is 592 Å². The van der Waals surface area contributed by atoms with E-state index in [-0.39, 0.29) is 83.2 Å². The average molecular weight is 1380 g/mol. The van der Waals surface area contributed by atoms with E-state index in [9.17, 15) is 50.8 Å². The summed E-state index contributed by atoms with van der Waals surface area (Å²) in [6.07, 6.45) is 23.9. The second-order valence-corrected chi connectivity index (χ2v) is 49.8. The molecule has 9 unspecified atom stereocenters. The van der Waals surface area contributed by atoms with Crippen LogP contribution in [0.3, 0.4) is 0 Å². The molecule has 13 nitrogen and oxygen atoms in total. The summed E-state index contributed by atoms with van der Waals surface area (Å²) < 4.78 is 11.7. The van der Waals surface area contributed by atoms with E-state index in [1.165, 1.54) is 12.8 Å². The largest absolute Gasteiger partial charge is 1.00 e. The van der Waals surface area contributed by atoms with E-state index in [0.29, 0.717) is 162 Å². The van der Waals surface area contributed by atoms with Gasteiger partial charge in [-0.3, -0.25) is 4.79 Å². The number of ketones is 1. The Balaban J connectivity index is 0.000000128. The van der Waals surface area contributed by atoms with Gasteiger partial charge in [-0.05, 0) is 332 Å². The van der Waals surface area contributed by atoms with Crippen molar-refractivity contribution in [1.29, 1.82) is 0 Å². The summed E-state index contributed by atoms with van der Waals surface area (Å²) in [5.41, 5.74) is -3.38. The van der Waals surface area contributed by atoms with Crippen LogP contribution in [0.25, 0.3) is 0 Å². The molecule has 35 atom stereocenters. The fourth-order valence-electron chi connectivity index (χ4n) is 29.9. The maximum atomic E-state index is 12.9. The van der Waals surface area contributed by atoms with Crippen LogP contribution in [0.15, 0.2) is 0 Å². The fourth-order valence-corrected chi connectivity index (χ4v) is 31.5. The van der Waals surface area contributed by atoms with E-state index in [0.717, 1.165) is 142 Å². The van der Waals surface area contributed by atoms with Crippen molar-refractivity contribution in [3.8, 4) is 0 Å². The molecule has 0 heterocycles. The van der Waals surface area contributed by atoms with Crippen molar-refractivity contribution >= 4 is 34.0 Å². The Hall–Kier alpha value is 0.511. The number of alkyl halides is 1. The van der Waals surface area contributed by atoms with Gasteiger partial charge in [0.2, 0.25) is 0 Å². The Morgan fingerprint density at radius 1 is 0.453 bits per heavy atom. The molecule has 18 saturated carbocycles. The molecule has 0 aromatic heterocycles. The molecule has 11 N–H and O–H groups in total. The maximum absolute atomic E-state index is 12.9. The Morgan fingerprint density at radius 3 is 1.18 bits per heavy atom. The van der Waals surface area contributed by atoms with E-state index in [2.05, 4.69) is 80.8 Å². The van der Waals surface area contributed by atoms with Crippen molar-refractivity contribution in [2.45, 2.75) is 294 Å². The Morgan fingerprint density at radius 2 is 0.800 bits per heavy atom. The van der Waals surface area contributed by atoms with Crippen LogP contribution in [0.5, 0.6) is 0 Å². The van der Waals surface area contributed by atoms with Gasteiger partial charge in [0.15, 0.2) is 16.6 Å². The number of aliphatic hydroxyl groups excluding tert-OH is 4. The molecule has 0 bridgehead atoms. The summed E-state index contributed by atoms with van der Waals surface area (Å²) in [6.45, 7) is 29.2. The Kier molecular flexibility index (Phi) is 18.7. The van der Waals surface area contributed by atoms with Crippen molar-refractivity contribution in [2.75, 3.05) is 25.7 Å². The van der Waals surface area contributed by atoms with Gasteiger partial charge in [-0.2, -0.15) is 0 Å². The zero-order chi connectivity index (χ0) is 66.6. The first-order valence-corrected chi connectivity index (χ1v) is 46.4. The molecule has 18 rings (SSSR count). The third kappa shape index (κ3) is 10.6. The topological polar surface area (TPSA) is 249 Å². The monoisotopic (exact) mass is 1370 g/mol. The minimum absolute atomic E-state index is 0. The van der Waals surface area contributed by atoms with Gasteiger partial charge in [0.05, 0.1) is 46.3 Å². The number of halogens is 1. The molecule has 0 radical (unpaired) electrons. The number of carbonyl (C=O) groups is 1. The summed E-state index contributed by atoms with van der Waals surface area (Å²) in [5, 5.41) is 99.9. The number of rotatable bonds is 12. The molecule has 95 heavy (non-hydrogen) atoms. The number of aliphatic hydroxyl groups is 9. The van der Waals surface area contributed by atoms with Crippen LogP contribution in [0.4, 0.5) is 0 Å². The van der Waals surface area contributed by atoms with Crippen LogP contribution in [0, 0.1) is 157 Å². The maximum Gasteiger partial charge on any atom is 1.00 e. The van der Waals surface area contributed by atoms with Crippen LogP contribution in [-0.2, 0) is 13.6 Å². The third-order valence-electron chi connectivity index (χ3n) is 34.4. The van der Waals surface area contributed by atoms with Gasteiger partial charge < -0.3 is 61.7 Å². The first-order valence-electron chi connectivity index (χ1n) is 39.1.